The zero-order valence-corrected chi connectivity index (χ0v) is 12.9. The fourth-order valence-corrected chi connectivity index (χ4v) is 2.25. The molecule has 1 atom stereocenters. The topological polar surface area (TPSA) is 46.5 Å². The highest BCUT2D eigenvalue weighted by Gasteiger charge is 2.21. The lowest BCUT2D eigenvalue weighted by molar-refractivity contribution is -0.145. The van der Waals surface area contributed by atoms with Gasteiger partial charge in [-0.05, 0) is 48.4 Å². The fraction of sp³-hybridized carbons (Fsp3) is 0.188. The number of hydrogen-bond acceptors (Lipinski definition) is 2. The number of ether oxygens (including phenoxy) is 1. The second kappa shape index (κ2) is 6.83. The lowest BCUT2D eigenvalue weighted by atomic mass is 10.0. The summed E-state index contributed by atoms with van der Waals surface area (Å²) >= 11 is 11.8. The summed E-state index contributed by atoms with van der Waals surface area (Å²) in [6, 6.07) is 12.0. The summed E-state index contributed by atoms with van der Waals surface area (Å²) in [5.74, 6) is -0.559. The van der Waals surface area contributed by atoms with Gasteiger partial charge in [-0.15, -0.1) is 0 Å². The van der Waals surface area contributed by atoms with Gasteiger partial charge in [0.2, 0.25) is 0 Å². The molecule has 5 heteroatoms. The molecule has 0 aliphatic heterocycles. The quantitative estimate of drug-likeness (QED) is 0.887. The van der Waals surface area contributed by atoms with Crippen LogP contribution in [0.2, 0.25) is 10.0 Å². The Kier molecular flexibility index (Phi) is 5.10. The average molecular weight is 325 g/mol. The molecule has 2 aromatic rings. The van der Waals surface area contributed by atoms with E-state index in [1.54, 1.807) is 36.4 Å². The predicted octanol–water partition coefficient (Wildman–Crippen LogP) is 4.38. The monoisotopic (exact) mass is 324 g/mol. The summed E-state index contributed by atoms with van der Waals surface area (Å²) in [5.41, 5.74) is 1.72. The largest absolute Gasteiger partial charge is 0.478 e. The van der Waals surface area contributed by atoms with E-state index in [0.717, 1.165) is 11.1 Å². The first-order chi connectivity index (χ1) is 9.97. The summed E-state index contributed by atoms with van der Waals surface area (Å²) in [6.07, 6.45) is -0.743. The molecule has 0 spiro atoms. The van der Waals surface area contributed by atoms with Gasteiger partial charge >= 0.3 is 5.97 Å². The van der Waals surface area contributed by atoms with Gasteiger partial charge in [-0.2, -0.15) is 0 Å². The van der Waals surface area contributed by atoms with Crippen LogP contribution in [-0.2, 0) is 11.2 Å². The van der Waals surface area contributed by atoms with Crippen molar-refractivity contribution in [1.29, 1.82) is 0 Å². The van der Waals surface area contributed by atoms with Crippen molar-refractivity contribution in [1.82, 2.24) is 0 Å². The third kappa shape index (κ3) is 4.13. The molecule has 2 rings (SSSR count). The number of carbonyl (C=O) groups is 1. The number of hydrogen-bond donors (Lipinski definition) is 1. The van der Waals surface area contributed by atoms with Crippen LogP contribution in [0.15, 0.2) is 42.5 Å². The highest BCUT2D eigenvalue weighted by molar-refractivity contribution is 6.31. The van der Waals surface area contributed by atoms with Crippen molar-refractivity contribution >= 4 is 29.2 Å². The van der Waals surface area contributed by atoms with Crippen LogP contribution < -0.4 is 4.74 Å². The van der Waals surface area contributed by atoms with Crippen LogP contribution >= 0.6 is 23.2 Å². The second-order valence-electron chi connectivity index (χ2n) is 4.63. The Morgan fingerprint density at radius 1 is 1.19 bits per heavy atom. The first-order valence-corrected chi connectivity index (χ1v) is 7.12. The molecular formula is C16H14Cl2O3. The van der Waals surface area contributed by atoms with Gasteiger partial charge in [-0.1, -0.05) is 35.3 Å². The summed E-state index contributed by atoms with van der Waals surface area (Å²) < 4.78 is 5.53. The Balaban J connectivity index is 2.18. The van der Waals surface area contributed by atoms with Crippen LogP contribution in [0.5, 0.6) is 5.75 Å². The van der Waals surface area contributed by atoms with E-state index in [4.69, 9.17) is 27.9 Å². The molecule has 0 fully saturated rings. The fourth-order valence-electron chi connectivity index (χ4n) is 1.93. The zero-order chi connectivity index (χ0) is 15.4. The first kappa shape index (κ1) is 15.7. The van der Waals surface area contributed by atoms with Gasteiger partial charge in [0.15, 0.2) is 6.10 Å². The number of carboxylic acids is 1. The number of benzene rings is 2. The summed E-state index contributed by atoms with van der Waals surface area (Å²) in [6.45, 7) is 1.86. The maximum absolute atomic E-state index is 11.4. The lowest BCUT2D eigenvalue weighted by Gasteiger charge is -2.17. The second-order valence-corrected chi connectivity index (χ2v) is 5.47. The molecule has 0 bridgehead atoms. The minimum absolute atomic E-state index is 0.240. The van der Waals surface area contributed by atoms with Crippen molar-refractivity contribution in [3.05, 3.63) is 63.6 Å². The normalized spacial score (nSPS) is 12.0. The van der Waals surface area contributed by atoms with Crippen molar-refractivity contribution in [3.63, 3.8) is 0 Å². The molecule has 1 unspecified atom stereocenters. The molecule has 21 heavy (non-hydrogen) atoms. The zero-order valence-electron chi connectivity index (χ0n) is 11.3. The van der Waals surface area contributed by atoms with Gasteiger partial charge in [0.25, 0.3) is 0 Å². The van der Waals surface area contributed by atoms with E-state index in [0.29, 0.717) is 15.8 Å². The molecule has 0 aliphatic rings. The van der Waals surface area contributed by atoms with Crippen molar-refractivity contribution < 1.29 is 14.6 Å². The maximum Gasteiger partial charge on any atom is 0.345 e. The maximum atomic E-state index is 11.4. The van der Waals surface area contributed by atoms with E-state index >= 15 is 0 Å². The molecule has 0 radical (unpaired) electrons. The molecule has 2 aromatic carbocycles. The third-order valence-corrected chi connectivity index (χ3v) is 3.81. The van der Waals surface area contributed by atoms with Crippen LogP contribution in [0.4, 0.5) is 0 Å². The average Bonchev–Trinajstić information content (AvgIpc) is 2.45. The number of rotatable bonds is 5. The molecular weight excluding hydrogens is 311 g/mol. The Bertz CT molecular complexity index is 638. The Labute approximate surface area is 133 Å². The van der Waals surface area contributed by atoms with Crippen LogP contribution in [0.3, 0.4) is 0 Å². The van der Waals surface area contributed by atoms with Crippen molar-refractivity contribution in [2.45, 2.75) is 19.4 Å². The minimum atomic E-state index is -1.02. The van der Waals surface area contributed by atoms with Gasteiger partial charge in [0.1, 0.15) is 5.75 Å². The van der Waals surface area contributed by atoms with Gasteiger partial charge in [0, 0.05) is 16.5 Å². The standard InChI is InChI=1S/C16H14Cl2O3/c1-10-11(3-2-4-14(10)18)9-15(16(19)20)21-13-7-5-12(17)6-8-13/h2-8,15H,9H2,1H3,(H,19,20). The van der Waals surface area contributed by atoms with Crippen molar-refractivity contribution in [2.24, 2.45) is 0 Å². The van der Waals surface area contributed by atoms with Crippen LogP contribution in [0.25, 0.3) is 0 Å². The lowest BCUT2D eigenvalue weighted by Crippen LogP contribution is -2.29. The molecule has 0 heterocycles. The van der Waals surface area contributed by atoms with Gasteiger partial charge < -0.3 is 9.84 Å². The third-order valence-electron chi connectivity index (χ3n) is 3.15. The molecule has 0 saturated heterocycles. The van der Waals surface area contributed by atoms with Crippen molar-refractivity contribution in [2.75, 3.05) is 0 Å². The smallest absolute Gasteiger partial charge is 0.345 e. The molecule has 1 N–H and O–H groups in total. The van der Waals surface area contributed by atoms with E-state index in [1.165, 1.54) is 0 Å². The highest BCUT2D eigenvalue weighted by Crippen LogP contribution is 2.22. The van der Waals surface area contributed by atoms with Gasteiger partial charge in [-0.25, -0.2) is 4.79 Å². The molecule has 0 aromatic heterocycles. The first-order valence-electron chi connectivity index (χ1n) is 6.36. The van der Waals surface area contributed by atoms with E-state index in [-0.39, 0.29) is 6.42 Å². The summed E-state index contributed by atoms with van der Waals surface area (Å²) in [4.78, 5) is 11.4. The predicted molar refractivity (Wildman–Crippen MR) is 83.4 cm³/mol. The van der Waals surface area contributed by atoms with E-state index in [9.17, 15) is 9.90 Å². The Morgan fingerprint density at radius 2 is 1.86 bits per heavy atom. The van der Waals surface area contributed by atoms with E-state index in [2.05, 4.69) is 0 Å². The molecule has 3 nitrogen and oxygen atoms in total. The number of halogens is 2. The molecule has 0 saturated carbocycles. The number of aliphatic carboxylic acids is 1. The summed E-state index contributed by atoms with van der Waals surface area (Å²) in [7, 11) is 0. The van der Waals surface area contributed by atoms with Crippen LogP contribution in [0.1, 0.15) is 11.1 Å². The number of carboxylic acid groups (broad SMARTS) is 1. The van der Waals surface area contributed by atoms with Gasteiger partial charge in [0.05, 0.1) is 0 Å². The molecule has 110 valence electrons. The highest BCUT2D eigenvalue weighted by atomic mass is 35.5. The Morgan fingerprint density at radius 3 is 2.48 bits per heavy atom. The molecule has 0 amide bonds. The van der Waals surface area contributed by atoms with Crippen molar-refractivity contribution in [3.8, 4) is 5.75 Å². The summed E-state index contributed by atoms with van der Waals surface area (Å²) in [5, 5.41) is 10.5. The van der Waals surface area contributed by atoms with E-state index in [1.807, 2.05) is 13.0 Å². The van der Waals surface area contributed by atoms with Gasteiger partial charge in [-0.3, -0.25) is 0 Å². The van der Waals surface area contributed by atoms with Crippen LogP contribution in [0, 0.1) is 6.92 Å². The van der Waals surface area contributed by atoms with Crippen LogP contribution in [-0.4, -0.2) is 17.2 Å². The SMILES string of the molecule is Cc1c(Cl)cccc1CC(Oc1ccc(Cl)cc1)C(=O)O. The van der Waals surface area contributed by atoms with E-state index < -0.39 is 12.1 Å². The Hall–Kier alpha value is -1.71. The molecule has 0 aliphatic carbocycles. The minimum Gasteiger partial charge on any atom is -0.478 e.